The Morgan fingerprint density at radius 2 is 2.00 bits per heavy atom. The topological polar surface area (TPSA) is 212 Å². The molecule has 1 fully saturated rings. The summed E-state index contributed by atoms with van der Waals surface area (Å²) in [6.45, 7) is -0.620. The minimum absolute atomic E-state index is 0.0330. The number of anilines is 2. The highest BCUT2D eigenvalue weighted by atomic mass is 31.2. The molecule has 3 heterocycles. The fraction of sp³-hybridized carbons (Fsp3) is 0.500. The molecule has 0 saturated carbocycles. The van der Waals surface area contributed by atoms with Gasteiger partial charge in [0.25, 0.3) is 0 Å². The number of hydrogen-bond acceptors (Lipinski definition) is 10. The average molecular weight is 362 g/mol. The summed E-state index contributed by atoms with van der Waals surface area (Å²) in [5.41, 5.74) is 11.6. The number of nitrogens with two attached hydrogens (primary N) is 2. The first-order chi connectivity index (χ1) is 11.2. The lowest BCUT2D eigenvalue weighted by Gasteiger charge is -2.16. The minimum Gasteiger partial charge on any atom is -0.387 e. The number of hydrogen-bond donors (Lipinski definition) is 6. The number of phosphoric acid groups is 1. The van der Waals surface area contributed by atoms with E-state index in [-0.39, 0.29) is 22.9 Å². The van der Waals surface area contributed by atoms with Crippen LogP contribution in [-0.4, -0.2) is 64.4 Å². The summed E-state index contributed by atoms with van der Waals surface area (Å²) in [5, 5.41) is 20.1. The molecule has 4 atom stereocenters. The number of fused-ring (bicyclic) bond motifs is 1. The maximum Gasteiger partial charge on any atom is 0.469 e. The van der Waals surface area contributed by atoms with Crippen molar-refractivity contribution in [2.75, 3.05) is 18.1 Å². The Morgan fingerprint density at radius 3 is 2.67 bits per heavy atom. The summed E-state index contributed by atoms with van der Waals surface area (Å²) in [5.74, 6) is -0.0816. The molecule has 0 aliphatic carbocycles. The molecule has 24 heavy (non-hydrogen) atoms. The van der Waals surface area contributed by atoms with E-state index >= 15 is 0 Å². The van der Waals surface area contributed by atoms with E-state index in [2.05, 4.69) is 19.5 Å². The van der Waals surface area contributed by atoms with Crippen LogP contribution in [0.4, 0.5) is 11.8 Å². The van der Waals surface area contributed by atoms with Crippen LogP contribution < -0.4 is 11.5 Å². The zero-order valence-corrected chi connectivity index (χ0v) is 12.9. The van der Waals surface area contributed by atoms with Gasteiger partial charge >= 0.3 is 7.82 Å². The van der Waals surface area contributed by atoms with Gasteiger partial charge in [-0.05, 0) is 0 Å². The molecule has 2 aromatic rings. The Kier molecular flexibility index (Phi) is 4.17. The molecule has 0 unspecified atom stereocenters. The summed E-state index contributed by atoms with van der Waals surface area (Å²) >= 11 is 0. The van der Waals surface area contributed by atoms with Crippen LogP contribution in [0.25, 0.3) is 11.2 Å². The van der Waals surface area contributed by atoms with Crippen LogP contribution in [0.2, 0.25) is 0 Å². The molecular weight excluding hydrogens is 347 g/mol. The molecular formula is C10H15N6O7P. The van der Waals surface area contributed by atoms with Crippen LogP contribution in [0, 0.1) is 0 Å². The Balaban J connectivity index is 1.89. The number of ether oxygens (including phenoxy) is 1. The van der Waals surface area contributed by atoms with Gasteiger partial charge in [-0.1, -0.05) is 0 Å². The predicted molar refractivity (Wildman–Crippen MR) is 78.1 cm³/mol. The van der Waals surface area contributed by atoms with Crippen molar-refractivity contribution < 1.29 is 33.8 Å². The van der Waals surface area contributed by atoms with Gasteiger partial charge < -0.3 is 36.2 Å². The summed E-state index contributed by atoms with van der Waals surface area (Å²) in [6.07, 6.45) is -3.92. The molecule has 0 radical (unpaired) electrons. The zero-order chi connectivity index (χ0) is 17.6. The van der Waals surface area contributed by atoms with E-state index in [4.69, 9.17) is 26.0 Å². The first-order valence-corrected chi connectivity index (χ1v) is 8.17. The molecule has 3 rings (SSSR count). The lowest BCUT2D eigenvalue weighted by Crippen LogP contribution is -2.33. The number of aliphatic hydroxyl groups excluding tert-OH is 2. The van der Waals surface area contributed by atoms with Crippen molar-refractivity contribution in [2.45, 2.75) is 24.5 Å². The Labute approximate surface area is 134 Å². The molecule has 13 nitrogen and oxygen atoms in total. The minimum atomic E-state index is -4.74. The van der Waals surface area contributed by atoms with E-state index in [0.29, 0.717) is 0 Å². The third kappa shape index (κ3) is 3.06. The molecule has 2 aromatic heterocycles. The summed E-state index contributed by atoms with van der Waals surface area (Å²) < 4.78 is 21.8. The lowest BCUT2D eigenvalue weighted by molar-refractivity contribution is -0.0503. The number of aromatic nitrogens is 4. The number of rotatable bonds is 4. The summed E-state index contributed by atoms with van der Waals surface area (Å²) in [4.78, 5) is 29.2. The van der Waals surface area contributed by atoms with Crippen molar-refractivity contribution in [3.63, 3.8) is 0 Å². The van der Waals surface area contributed by atoms with Gasteiger partial charge in [-0.25, -0.2) is 9.55 Å². The second kappa shape index (κ2) is 5.89. The molecule has 0 amide bonds. The standard InChI is InChI=1S/C10H15N6O7P/c11-7-4-8(15-10(12)14-7)16(2-13-4)9-6(18)5(17)3(23-9)1-22-24(19,20)21/h2-3,5-6,9,17-18H,1H2,(H2,19,20,21)(H4,11,12,14,15)/t3-,5-,6-,9-/m1/s1. The van der Waals surface area contributed by atoms with Gasteiger partial charge in [-0.15, -0.1) is 0 Å². The largest absolute Gasteiger partial charge is 0.469 e. The van der Waals surface area contributed by atoms with E-state index in [1.54, 1.807) is 0 Å². The fourth-order valence-corrected chi connectivity index (χ4v) is 2.75. The molecule has 132 valence electrons. The monoisotopic (exact) mass is 362 g/mol. The second-order valence-electron chi connectivity index (χ2n) is 5.12. The Morgan fingerprint density at radius 1 is 1.29 bits per heavy atom. The molecule has 8 N–H and O–H groups in total. The van der Waals surface area contributed by atoms with Gasteiger partial charge in [0.2, 0.25) is 5.95 Å². The number of phosphoric ester groups is 1. The Bertz CT molecular complexity index is 808. The highest BCUT2D eigenvalue weighted by Gasteiger charge is 2.45. The van der Waals surface area contributed by atoms with E-state index < -0.39 is 39.0 Å². The molecule has 1 saturated heterocycles. The van der Waals surface area contributed by atoms with Gasteiger partial charge in [0.05, 0.1) is 12.9 Å². The van der Waals surface area contributed by atoms with Crippen LogP contribution in [0.3, 0.4) is 0 Å². The number of aliphatic hydroxyl groups is 2. The van der Waals surface area contributed by atoms with E-state index in [1.807, 2.05) is 0 Å². The van der Waals surface area contributed by atoms with E-state index in [1.165, 1.54) is 10.9 Å². The van der Waals surface area contributed by atoms with Crippen LogP contribution >= 0.6 is 7.82 Å². The molecule has 1 aliphatic rings. The quantitative estimate of drug-likeness (QED) is 0.317. The second-order valence-corrected chi connectivity index (χ2v) is 6.36. The maximum atomic E-state index is 10.7. The Hall–Kier alpha value is -1.86. The van der Waals surface area contributed by atoms with Gasteiger partial charge in [0.15, 0.2) is 17.7 Å². The smallest absolute Gasteiger partial charge is 0.387 e. The summed E-state index contributed by atoms with van der Waals surface area (Å²) in [7, 11) is -4.74. The zero-order valence-electron chi connectivity index (χ0n) is 12.0. The van der Waals surface area contributed by atoms with Crippen LogP contribution in [-0.2, 0) is 13.8 Å². The predicted octanol–water partition coefficient (Wildman–Crippen LogP) is -2.28. The molecule has 0 spiro atoms. The summed E-state index contributed by atoms with van der Waals surface area (Å²) in [6, 6.07) is 0. The van der Waals surface area contributed by atoms with Gasteiger partial charge in [0.1, 0.15) is 23.8 Å². The normalized spacial score (nSPS) is 27.8. The fourth-order valence-electron chi connectivity index (χ4n) is 2.41. The lowest BCUT2D eigenvalue weighted by atomic mass is 10.1. The number of nitrogens with zero attached hydrogens (tertiary/aromatic N) is 4. The van der Waals surface area contributed by atoms with Crippen molar-refractivity contribution in [3.05, 3.63) is 6.33 Å². The third-order valence-electron chi connectivity index (χ3n) is 3.48. The maximum absolute atomic E-state index is 10.7. The highest BCUT2D eigenvalue weighted by molar-refractivity contribution is 7.46. The van der Waals surface area contributed by atoms with Crippen LogP contribution in [0.1, 0.15) is 6.23 Å². The van der Waals surface area contributed by atoms with Crippen molar-refractivity contribution >= 4 is 30.8 Å². The first kappa shape index (κ1) is 17.0. The van der Waals surface area contributed by atoms with Crippen molar-refractivity contribution in [3.8, 4) is 0 Å². The SMILES string of the molecule is Nc1nc(N)c2ncn([C@@H]3O[C@H](COP(=O)(O)O)[C@@H](O)[C@H]3O)c2n1. The van der Waals surface area contributed by atoms with Crippen LogP contribution in [0.5, 0.6) is 0 Å². The third-order valence-corrected chi connectivity index (χ3v) is 3.97. The van der Waals surface area contributed by atoms with Crippen molar-refractivity contribution in [1.29, 1.82) is 0 Å². The first-order valence-electron chi connectivity index (χ1n) is 6.64. The van der Waals surface area contributed by atoms with E-state index in [0.717, 1.165) is 0 Å². The number of imidazole rings is 1. The molecule has 0 bridgehead atoms. The molecule has 0 aromatic carbocycles. The molecule has 1 aliphatic heterocycles. The molecule has 14 heteroatoms. The van der Waals surface area contributed by atoms with Gasteiger partial charge in [0, 0.05) is 0 Å². The van der Waals surface area contributed by atoms with Crippen molar-refractivity contribution in [1.82, 2.24) is 19.5 Å². The van der Waals surface area contributed by atoms with Gasteiger partial charge in [-0.2, -0.15) is 9.97 Å². The van der Waals surface area contributed by atoms with Gasteiger partial charge in [-0.3, -0.25) is 9.09 Å². The van der Waals surface area contributed by atoms with Crippen LogP contribution in [0.15, 0.2) is 6.33 Å². The average Bonchev–Trinajstić information content (AvgIpc) is 3.00. The van der Waals surface area contributed by atoms with Crippen molar-refractivity contribution in [2.24, 2.45) is 0 Å². The highest BCUT2D eigenvalue weighted by Crippen LogP contribution is 2.38. The van der Waals surface area contributed by atoms with E-state index in [9.17, 15) is 14.8 Å². The number of nitrogen functional groups attached to an aromatic ring is 2.